The maximum atomic E-state index is 14.4. The predicted molar refractivity (Wildman–Crippen MR) is 131 cm³/mol. The van der Waals surface area contributed by atoms with Gasteiger partial charge in [0.1, 0.15) is 17.6 Å². The zero-order valence-electron chi connectivity index (χ0n) is 21.2. The summed E-state index contributed by atoms with van der Waals surface area (Å²) in [6.07, 6.45) is 2.66. The largest absolute Gasteiger partial charge is 0.466 e. The standard InChI is InChI=1S/C27H36N2O6/c1-7-13-28(19-14-16(3)9-10-17(19)4)24(32)22-27-12-11-26(6,35-27)21(25(33)34-8-2)20(27)23(31)29(22)18(5)15-30/h7,9-10,14,18,20-22,30H,1,8,11-13,15H2,2-6H3/t18-,20+,21+,22?,26-,27?/m1/s1. The van der Waals surface area contributed by atoms with Crippen molar-refractivity contribution in [1.29, 1.82) is 0 Å². The fourth-order valence-corrected chi connectivity index (χ4v) is 6.39. The van der Waals surface area contributed by atoms with Crippen molar-refractivity contribution in [1.82, 2.24) is 4.90 Å². The van der Waals surface area contributed by atoms with Crippen LogP contribution in [-0.4, -0.2) is 70.8 Å². The van der Waals surface area contributed by atoms with Crippen LogP contribution in [0.15, 0.2) is 30.9 Å². The molecule has 0 aromatic heterocycles. The number of hydrogen-bond donors (Lipinski definition) is 1. The van der Waals surface area contributed by atoms with Crippen LogP contribution in [0, 0.1) is 25.7 Å². The molecule has 4 rings (SSSR count). The van der Waals surface area contributed by atoms with E-state index in [0.29, 0.717) is 12.8 Å². The van der Waals surface area contributed by atoms with Gasteiger partial charge >= 0.3 is 5.97 Å². The Bertz CT molecular complexity index is 1060. The molecule has 1 aromatic carbocycles. The summed E-state index contributed by atoms with van der Waals surface area (Å²) in [4.78, 5) is 44.5. The summed E-state index contributed by atoms with van der Waals surface area (Å²) < 4.78 is 11.9. The summed E-state index contributed by atoms with van der Waals surface area (Å²) in [7, 11) is 0. The smallest absolute Gasteiger partial charge is 0.312 e. The number of likely N-dealkylation sites (tertiary alicyclic amines) is 1. The first-order valence-electron chi connectivity index (χ1n) is 12.4. The highest BCUT2D eigenvalue weighted by Crippen LogP contribution is 2.63. The number of nitrogens with zero attached hydrogens (tertiary/aromatic N) is 2. The summed E-state index contributed by atoms with van der Waals surface area (Å²) in [6, 6.07) is 4.27. The molecule has 0 saturated carbocycles. The van der Waals surface area contributed by atoms with E-state index in [1.807, 2.05) is 39.0 Å². The maximum absolute atomic E-state index is 14.4. The van der Waals surface area contributed by atoms with Gasteiger partial charge in [0, 0.05) is 12.2 Å². The molecule has 2 bridgehead atoms. The highest BCUT2D eigenvalue weighted by atomic mass is 16.6. The predicted octanol–water partition coefficient (Wildman–Crippen LogP) is 2.53. The van der Waals surface area contributed by atoms with Crippen molar-refractivity contribution in [2.75, 3.05) is 24.7 Å². The topological polar surface area (TPSA) is 96.4 Å². The molecule has 3 saturated heterocycles. The first-order chi connectivity index (χ1) is 16.6. The second kappa shape index (κ2) is 9.06. The molecule has 1 spiro atoms. The Morgan fingerprint density at radius 1 is 1.37 bits per heavy atom. The second-order valence-corrected chi connectivity index (χ2v) is 10.3. The van der Waals surface area contributed by atoms with Gasteiger partial charge in [-0.15, -0.1) is 6.58 Å². The molecule has 0 radical (unpaired) electrons. The minimum absolute atomic E-state index is 0.193. The van der Waals surface area contributed by atoms with Gasteiger partial charge < -0.3 is 24.4 Å². The third-order valence-corrected chi connectivity index (χ3v) is 7.96. The number of carbonyl (C=O) groups excluding carboxylic acids is 3. The van der Waals surface area contributed by atoms with Crippen molar-refractivity contribution < 1.29 is 29.0 Å². The maximum Gasteiger partial charge on any atom is 0.312 e. The van der Waals surface area contributed by atoms with E-state index in [9.17, 15) is 19.5 Å². The van der Waals surface area contributed by atoms with E-state index in [1.165, 1.54) is 4.90 Å². The SMILES string of the molecule is C=CCN(C(=O)C1N([C@H](C)CO)C(=O)[C@@H]2[C@@H](C(=O)OCC)[C@@]3(C)CCC12O3)c1cc(C)ccc1C. The van der Waals surface area contributed by atoms with E-state index in [0.717, 1.165) is 16.8 Å². The minimum atomic E-state index is -1.17. The number of aryl methyl sites for hydroxylation is 2. The van der Waals surface area contributed by atoms with Crippen LogP contribution in [0.2, 0.25) is 0 Å². The van der Waals surface area contributed by atoms with E-state index >= 15 is 0 Å². The van der Waals surface area contributed by atoms with Crippen molar-refractivity contribution in [2.24, 2.45) is 11.8 Å². The Morgan fingerprint density at radius 2 is 2.09 bits per heavy atom. The van der Waals surface area contributed by atoms with E-state index < -0.39 is 41.1 Å². The number of carbonyl (C=O) groups is 3. The molecule has 0 aliphatic carbocycles. The van der Waals surface area contributed by atoms with Gasteiger partial charge in [-0.05, 0) is 64.7 Å². The molecule has 2 unspecified atom stereocenters. The number of ether oxygens (including phenoxy) is 2. The zero-order valence-corrected chi connectivity index (χ0v) is 21.2. The molecule has 1 N–H and O–H groups in total. The number of aliphatic hydroxyl groups excluding tert-OH is 1. The van der Waals surface area contributed by atoms with Crippen molar-refractivity contribution in [3.63, 3.8) is 0 Å². The molecular formula is C27H36N2O6. The molecule has 3 heterocycles. The average Bonchev–Trinajstić information content (AvgIpc) is 3.39. The van der Waals surface area contributed by atoms with Crippen LogP contribution in [-0.2, 0) is 23.9 Å². The normalized spacial score (nSPS) is 31.9. The van der Waals surface area contributed by atoms with Crippen LogP contribution in [0.1, 0.15) is 44.7 Å². The van der Waals surface area contributed by atoms with Crippen molar-refractivity contribution in [3.05, 3.63) is 42.0 Å². The molecule has 35 heavy (non-hydrogen) atoms. The molecule has 8 heteroatoms. The Balaban J connectivity index is 1.85. The molecule has 8 nitrogen and oxygen atoms in total. The molecular weight excluding hydrogens is 448 g/mol. The van der Waals surface area contributed by atoms with Gasteiger partial charge in [0.25, 0.3) is 5.91 Å². The van der Waals surface area contributed by atoms with Crippen LogP contribution in [0.5, 0.6) is 0 Å². The number of aliphatic hydroxyl groups is 1. The highest BCUT2D eigenvalue weighted by Gasteiger charge is 2.79. The third-order valence-electron chi connectivity index (χ3n) is 7.96. The molecule has 3 fully saturated rings. The molecule has 6 atom stereocenters. The Hall–Kier alpha value is -2.71. The van der Waals surface area contributed by atoms with Crippen LogP contribution in [0.25, 0.3) is 0 Å². The van der Waals surface area contributed by atoms with Crippen LogP contribution >= 0.6 is 0 Å². The van der Waals surface area contributed by atoms with Gasteiger partial charge in [0.15, 0.2) is 0 Å². The second-order valence-electron chi connectivity index (χ2n) is 10.3. The van der Waals surface area contributed by atoms with Crippen molar-refractivity contribution in [3.8, 4) is 0 Å². The lowest BCUT2D eigenvalue weighted by Gasteiger charge is -2.39. The summed E-state index contributed by atoms with van der Waals surface area (Å²) >= 11 is 0. The Kier molecular flexibility index (Phi) is 6.57. The Morgan fingerprint density at radius 3 is 2.71 bits per heavy atom. The lowest BCUT2D eigenvalue weighted by atomic mass is 9.66. The van der Waals surface area contributed by atoms with E-state index in [1.54, 1.807) is 24.8 Å². The molecule has 190 valence electrons. The van der Waals surface area contributed by atoms with Gasteiger partial charge in [-0.2, -0.15) is 0 Å². The fraction of sp³-hybridized carbons (Fsp3) is 0.593. The summed E-state index contributed by atoms with van der Waals surface area (Å²) in [5.41, 5.74) is 0.598. The minimum Gasteiger partial charge on any atom is -0.466 e. The van der Waals surface area contributed by atoms with Gasteiger partial charge in [0.2, 0.25) is 5.91 Å². The molecule has 1 aromatic rings. The van der Waals surface area contributed by atoms with Crippen LogP contribution < -0.4 is 4.90 Å². The van der Waals surface area contributed by atoms with Crippen LogP contribution in [0.4, 0.5) is 5.69 Å². The van der Waals surface area contributed by atoms with Crippen molar-refractivity contribution in [2.45, 2.75) is 70.7 Å². The van der Waals surface area contributed by atoms with E-state index in [4.69, 9.17) is 9.47 Å². The summed E-state index contributed by atoms with van der Waals surface area (Å²) in [6.45, 7) is 13.1. The van der Waals surface area contributed by atoms with E-state index in [-0.39, 0.29) is 31.6 Å². The summed E-state index contributed by atoms with van der Waals surface area (Å²) in [5.74, 6) is -2.76. The number of esters is 1. The number of fused-ring (bicyclic) bond motifs is 1. The zero-order chi connectivity index (χ0) is 25.7. The monoisotopic (exact) mass is 484 g/mol. The van der Waals surface area contributed by atoms with Crippen molar-refractivity contribution >= 4 is 23.5 Å². The molecule has 3 aliphatic rings. The average molecular weight is 485 g/mol. The number of benzene rings is 1. The number of hydrogen-bond acceptors (Lipinski definition) is 6. The van der Waals surface area contributed by atoms with Gasteiger partial charge in [-0.1, -0.05) is 18.2 Å². The van der Waals surface area contributed by atoms with Gasteiger partial charge in [-0.25, -0.2) is 0 Å². The quantitative estimate of drug-likeness (QED) is 0.450. The van der Waals surface area contributed by atoms with Gasteiger partial charge in [-0.3, -0.25) is 14.4 Å². The Labute approximate surface area is 206 Å². The number of rotatable bonds is 8. The fourth-order valence-electron chi connectivity index (χ4n) is 6.39. The number of anilines is 1. The lowest BCUT2D eigenvalue weighted by molar-refractivity contribution is -0.160. The first kappa shape index (κ1) is 25.4. The molecule has 3 aliphatic heterocycles. The van der Waals surface area contributed by atoms with Crippen LogP contribution in [0.3, 0.4) is 0 Å². The van der Waals surface area contributed by atoms with E-state index in [2.05, 4.69) is 6.58 Å². The first-order valence-corrected chi connectivity index (χ1v) is 12.4. The number of amides is 2. The summed E-state index contributed by atoms with van der Waals surface area (Å²) in [5, 5.41) is 10.0. The molecule has 2 amide bonds. The lowest BCUT2D eigenvalue weighted by Crippen LogP contribution is -2.58. The highest BCUT2D eigenvalue weighted by molar-refractivity contribution is 6.05. The van der Waals surface area contributed by atoms with Gasteiger partial charge in [0.05, 0.1) is 30.8 Å². The third kappa shape index (κ3) is 3.69.